The number of nitrogens with two attached hydrogens (primary N) is 1. The molecule has 0 heterocycles. The fourth-order valence-electron chi connectivity index (χ4n) is 0.741. The van der Waals surface area contributed by atoms with Gasteiger partial charge in [0.15, 0.2) is 0 Å². The molecular formula is C7H8N3NaO4. The molecule has 15 heavy (non-hydrogen) atoms. The molecule has 0 aliphatic carbocycles. The van der Waals surface area contributed by atoms with Crippen molar-refractivity contribution < 1.29 is 34.5 Å². The molecule has 1 rings (SSSR count). The summed E-state index contributed by atoms with van der Waals surface area (Å²) >= 11 is 0. The van der Waals surface area contributed by atoms with Gasteiger partial charge in [-0.15, -0.1) is 5.34 Å². The zero-order valence-electron chi connectivity index (χ0n) is 8.34. The second kappa shape index (κ2) is 8.16. The summed E-state index contributed by atoms with van der Waals surface area (Å²) in [4.78, 5) is 17.8. The number of nitro benzene ring substituents is 1. The summed E-state index contributed by atoms with van der Waals surface area (Å²) in [6.07, 6.45) is 0. The molecule has 0 aromatic heterocycles. The zero-order chi connectivity index (χ0) is 11.1. The number of nitrogens with zero attached hydrogens (tertiary/aromatic N) is 2. The van der Waals surface area contributed by atoms with Crippen LogP contribution in [0.25, 0.3) is 0 Å². The van der Waals surface area contributed by atoms with Crippen LogP contribution in [0, 0.1) is 27.2 Å². The van der Waals surface area contributed by atoms with E-state index in [1.54, 1.807) is 13.0 Å². The molecule has 0 radical (unpaired) electrons. The van der Waals surface area contributed by atoms with Crippen molar-refractivity contribution in [2.24, 2.45) is 5.34 Å². The van der Waals surface area contributed by atoms with E-state index in [1.165, 1.54) is 12.1 Å². The number of nitro groups is 1. The first-order chi connectivity index (χ1) is 6.52. The second-order valence-electron chi connectivity index (χ2n) is 2.37. The number of hydrogen-bond acceptors (Lipinski definition) is 6. The van der Waals surface area contributed by atoms with E-state index in [0.29, 0.717) is 5.69 Å². The minimum Gasteiger partial charge on any atom is -0.444 e. The third-order valence-corrected chi connectivity index (χ3v) is 1.47. The summed E-state index contributed by atoms with van der Waals surface area (Å²) < 4.78 is 0. The first-order valence-electron chi connectivity index (χ1n) is 3.48. The number of benzene rings is 1. The van der Waals surface area contributed by atoms with Gasteiger partial charge in [-0.25, -0.2) is 0 Å². The van der Waals surface area contributed by atoms with Crippen LogP contribution in [0.5, 0.6) is 0 Å². The summed E-state index contributed by atoms with van der Waals surface area (Å²) in [6, 6.07) is 4.43. The largest absolute Gasteiger partial charge is 1.00 e. The smallest absolute Gasteiger partial charge is 0.444 e. The van der Waals surface area contributed by atoms with Gasteiger partial charge in [0, 0.05) is 17.8 Å². The number of hydrogen-bond donors (Lipinski definition) is 1. The van der Waals surface area contributed by atoms with Gasteiger partial charge in [-0.3, -0.25) is 10.1 Å². The van der Waals surface area contributed by atoms with Crippen LogP contribution in [0.2, 0.25) is 0 Å². The molecule has 0 aliphatic rings. The predicted molar refractivity (Wildman–Crippen MR) is 51.4 cm³/mol. The number of non-ortho nitro benzene ring substituents is 1. The van der Waals surface area contributed by atoms with E-state index in [-0.39, 0.29) is 35.2 Å². The molecule has 0 atom stereocenters. The standard InChI is InChI=1S/C7H8N2O2.HNO2.Na/c1-5-2-3-6(9(10)11)4-7(5)8;2-1-3;/h2-4H,8H2,1H3;(H,2,3);/q;;+1/p-1. The van der Waals surface area contributed by atoms with Crippen molar-refractivity contribution in [1.29, 1.82) is 0 Å². The van der Waals surface area contributed by atoms with Crippen molar-refractivity contribution >= 4 is 11.4 Å². The minimum absolute atomic E-state index is 0. The molecule has 0 spiro atoms. The van der Waals surface area contributed by atoms with Crippen LogP contribution in [0.4, 0.5) is 11.4 Å². The number of anilines is 1. The van der Waals surface area contributed by atoms with Gasteiger partial charge in [0.05, 0.1) is 4.92 Å². The molecule has 8 heteroatoms. The Hall–Kier alpha value is -1.18. The zero-order valence-corrected chi connectivity index (χ0v) is 10.3. The minimum atomic E-state index is -0.462. The van der Waals surface area contributed by atoms with Crippen molar-refractivity contribution in [2.45, 2.75) is 6.92 Å². The molecule has 0 unspecified atom stereocenters. The Labute approximate surface area is 108 Å². The van der Waals surface area contributed by atoms with Crippen molar-refractivity contribution in [3.63, 3.8) is 0 Å². The van der Waals surface area contributed by atoms with E-state index in [9.17, 15) is 10.1 Å². The summed E-state index contributed by atoms with van der Waals surface area (Å²) in [5, 5.41) is 19.2. The molecule has 0 bridgehead atoms. The maximum atomic E-state index is 10.2. The molecule has 76 valence electrons. The van der Waals surface area contributed by atoms with Gasteiger partial charge in [0.2, 0.25) is 0 Å². The monoisotopic (exact) mass is 221 g/mol. The van der Waals surface area contributed by atoms with Gasteiger partial charge in [-0.05, 0) is 12.5 Å². The fourth-order valence-corrected chi connectivity index (χ4v) is 0.741. The molecule has 0 saturated heterocycles. The molecule has 0 amide bonds. The van der Waals surface area contributed by atoms with Gasteiger partial charge in [0.1, 0.15) is 0 Å². The van der Waals surface area contributed by atoms with Crippen LogP contribution < -0.4 is 35.3 Å². The van der Waals surface area contributed by atoms with Crippen LogP contribution >= 0.6 is 0 Å². The van der Waals surface area contributed by atoms with Crippen LogP contribution in [0.1, 0.15) is 5.56 Å². The molecule has 0 fully saturated rings. The third kappa shape index (κ3) is 6.00. The topological polar surface area (TPSA) is 122 Å². The number of aryl methyl sites for hydroxylation is 1. The van der Waals surface area contributed by atoms with Crippen LogP contribution in [-0.2, 0) is 0 Å². The fraction of sp³-hybridized carbons (Fsp3) is 0.143. The first-order valence-corrected chi connectivity index (χ1v) is 3.48. The van der Waals surface area contributed by atoms with Gasteiger partial charge >= 0.3 is 29.6 Å². The van der Waals surface area contributed by atoms with E-state index >= 15 is 0 Å². The predicted octanol–water partition coefficient (Wildman–Crippen LogP) is -1.26. The Morgan fingerprint density at radius 3 is 2.27 bits per heavy atom. The van der Waals surface area contributed by atoms with Crippen molar-refractivity contribution in [3.05, 3.63) is 44.0 Å². The van der Waals surface area contributed by atoms with Gasteiger partial charge in [0.25, 0.3) is 5.69 Å². The Morgan fingerprint density at radius 2 is 1.93 bits per heavy atom. The molecular weight excluding hydrogens is 213 g/mol. The van der Waals surface area contributed by atoms with Crippen LogP contribution in [-0.4, -0.2) is 4.92 Å². The van der Waals surface area contributed by atoms with Gasteiger partial charge < -0.3 is 15.8 Å². The van der Waals surface area contributed by atoms with E-state index in [0.717, 1.165) is 10.9 Å². The quantitative estimate of drug-likeness (QED) is 0.208. The van der Waals surface area contributed by atoms with Crippen molar-refractivity contribution in [1.82, 2.24) is 0 Å². The molecule has 1 aromatic carbocycles. The van der Waals surface area contributed by atoms with Gasteiger partial charge in [-0.2, -0.15) is 0 Å². The average Bonchev–Trinajstić information content (AvgIpc) is 2.10. The van der Waals surface area contributed by atoms with E-state index in [2.05, 4.69) is 0 Å². The third-order valence-electron chi connectivity index (χ3n) is 1.47. The average molecular weight is 221 g/mol. The summed E-state index contributed by atoms with van der Waals surface area (Å²) in [5.74, 6) is 0. The Balaban J connectivity index is 0. The van der Waals surface area contributed by atoms with Crippen LogP contribution in [0.15, 0.2) is 23.5 Å². The normalized spacial score (nSPS) is 7.80. The molecule has 1 aromatic rings. The van der Waals surface area contributed by atoms with Crippen molar-refractivity contribution in [3.8, 4) is 0 Å². The Morgan fingerprint density at radius 1 is 1.47 bits per heavy atom. The second-order valence-corrected chi connectivity index (χ2v) is 2.37. The maximum Gasteiger partial charge on any atom is 1.00 e. The Bertz CT molecular complexity index is 345. The maximum absolute atomic E-state index is 10.2. The summed E-state index contributed by atoms with van der Waals surface area (Å²) in [7, 11) is 0. The molecule has 0 aliphatic heterocycles. The molecule has 2 N–H and O–H groups in total. The SMILES string of the molecule is Cc1ccc([N+](=O)[O-])cc1N.O=N[O-].[Na+]. The number of nitrogen functional groups attached to an aromatic ring is 1. The van der Waals surface area contributed by atoms with Crippen LogP contribution in [0.3, 0.4) is 0 Å². The van der Waals surface area contributed by atoms with Gasteiger partial charge in [-0.1, -0.05) is 6.07 Å². The summed E-state index contributed by atoms with van der Waals surface area (Å²) in [5.41, 5.74) is 6.80. The molecule has 0 saturated carbocycles. The Kier molecular flexibility index (Phi) is 8.84. The first kappa shape index (κ1) is 16.3. The van der Waals surface area contributed by atoms with E-state index in [1.807, 2.05) is 0 Å². The van der Waals surface area contributed by atoms with E-state index in [4.69, 9.17) is 15.8 Å². The number of rotatable bonds is 1. The summed E-state index contributed by atoms with van der Waals surface area (Å²) in [6.45, 7) is 1.80. The molecule has 7 nitrogen and oxygen atoms in total. The van der Waals surface area contributed by atoms with E-state index < -0.39 is 4.92 Å². The van der Waals surface area contributed by atoms with Crippen molar-refractivity contribution in [2.75, 3.05) is 5.73 Å².